The van der Waals surface area contributed by atoms with Gasteiger partial charge in [-0.15, -0.1) is 0 Å². The van der Waals surface area contributed by atoms with Crippen LogP contribution in [0.4, 0.5) is 4.39 Å². The fourth-order valence-electron chi connectivity index (χ4n) is 0. The minimum Gasteiger partial charge on any atom is -0.365 e. The van der Waals surface area contributed by atoms with Crippen LogP contribution in [0.1, 0.15) is 0 Å². The number of halogens is 3. The van der Waals surface area contributed by atoms with Gasteiger partial charge in [0.1, 0.15) is 0 Å². The monoisotopic (exact) mass is 233 g/mol. The summed E-state index contributed by atoms with van der Waals surface area (Å²) in [7, 11) is 0. The molecular formula is C2H2Br2FNO. The lowest BCUT2D eigenvalue weighted by Crippen LogP contribution is -2.27. The fourth-order valence-corrected chi connectivity index (χ4v) is 0. The van der Waals surface area contributed by atoms with Crippen LogP contribution in [0.3, 0.4) is 0 Å². The smallest absolute Gasteiger partial charge is 0.295 e. The summed E-state index contributed by atoms with van der Waals surface area (Å²) in [4.78, 5) is 9.77. The van der Waals surface area contributed by atoms with E-state index in [-0.39, 0.29) is 0 Å². The van der Waals surface area contributed by atoms with Crippen molar-refractivity contribution < 1.29 is 9.18 Å². The Morgan fingerprint density at radius 2 is 1.86 bits per heavy atom. The quantitative estimate of drug-likeness (QED) is 0.673. The maximum atomic E-state index is 11.9. The van der Waals surface area contributed by atoms with Crippen molar-refractivity contribution >= 4 is 37.8 Å². The van der Waals surface area contributed by atoms with Crippen molar-refractivity contribution in [3.63, 3.8) is 0 Å². The van der Waals surface area contributed by atoms with Gasteiger partial charge >= 0.3 is 0 Å². The molecule has 0 unspecified atom stereocenters. The number of amides is 1. The lowest BCUT2D eigenvalue weighted by Gasteiger charge is -2.00. The molecule has 0 aliphatic rings. The van der Waals surface area contributed by atoms with Crippen molar-refractivity contribution in [2.45, 2.75) is 3.49 Å². The highest BCUT2D eigenvalue weighted by atomic mass is 79.9. The first-order valence-corrected chi connectivity index (χ1v) is 2.90. The third-order valence-corrected chi connectivity index (χ3v) is 1.06. The highest BCUT2D eigenvalue weighted by Gasteiger charge is 2.28. The predicted molar refractivity (Wildman–Crippen MR) is 30.9 cm³/mol. The molecular weight excluding hydrogens is 233 g/mol. The van der Waals surface area contributed by atoms with Gasteiger partial charge in [0.05, 0.1) is 0 Å². The number of rotatable bonds is 1. The summed E-state index contributed by atoms with van der Waals surface area (Å²) in [6, 6.07) is 0. The molecule has 7 heavy (non-hydrogen) atoms. The summed E-state index contributed by atoms with van der Waals surface area (Å²) in [6.45, 7) is 0. The van der Waals surface area contributed by atoms with Crippen LogP contribution in [0.25, 0.3) is 0 Å². The van der Waals surface area contributed by atoms with E-state index in [2.05, 4.69) is 37.6 Å². The van der Waals surface area contributed by atoms with Crippen LogP contribution in [0, 0.1) is 0 Å². The molecule has 0 spiro atoms. The Bertz CT molecular complexity index is 88.2. The molecule has 0 atom stereocenters. The first kappa shape index (κ1) is 7.36. The summed E-state index contributed by atoms with van der Waals surface area (Å²) in [5.41, 5.74) is 4.46. The Balaban J connectivity index is 3.79. The summed E-state index contributed by atoms with van der Waals surface area (Å²) >= 11 is 4.64. The Kier molecular flexibility index (Phi) is 2.19. The Morgan fingerprint density at radius 1 is 1.71 bits per heavy atom. The number of carbonyl (C=O) groups excluding carboxylic acids is 1. The van der Waals surface area contributed by atoms with Crippen molar-refractivity contribution in [2.75, 3.05) is 0 Å². The van der Waals surface area contributed by atoms with Crippen molar-refractivity contribution in [1.29, 1.82) is 0 Å². The van der Waals surface area contributed by atoms with Gasteiger partial charge in [-0.2, -0.15) is 0 Å². The van der Waals surface area contributed by atoms with Gasteiger partial charge in [-0.25, -0.2) is 4.39 Å². The number of hydrogen-bond acceptors (Lipinski definition) is 1. The van der Waals surface area contributed by atoms with Crippen molar-refractivity contribution in [2.24, 2.45) is 5.73 Å². The molecule has 5 heteroatoms. The molecule has 0 heterocycles. The molecule has 0 aliphatic carbocycles. The zero-order valence-electron chi connectivity index (χ0n) is 3.12. The molecule has 0 aromatic rings. The van der Waals surface area contributed by atoms with E-state index in [0.717, 1.165) is 0 Å². The van der Waals surface area contributed by atoms with Crippen LogP contribution >= 0.6 is 31.9 Å². The van der Waals surface area contributed by atoms with Gasteiger partial charge in [0.15, 0.2) is 0 Å². The van der Waals surface area contributed by atoms with Gasteiger partial charge in [0.25, 0.3) is 9.39 Å². The van der Waals surface area contributed by atoms with Gasteiger partial charge in [-0.1, -0.05) is 0 Å². The normalized spacial score (nSPS) is 11.3. The van der Waals surface area contributed by atoms with Crippen molar-refractivity contribution in [3.05, 3.63) is 0 Å². The molecule has 0 aromatic heterocycles. The van der Waals surface area contributed by atoms with E-state index in [0.29, 0.717) is 0 Å². The van der Waals surface area contributed by atoms with E-state index in [1.54, 1.807) is 0 Å². The summed E-state index contributed by atoms with van der Waals surface area (Å²) < 4.78 is 9.63. The van der Waals surface area contributed by atoms with Gasteiger partial charge in [-0.05, 0) is 31.9 Å². The number of primary amides is 1. The zero-order valence-corrected chi connectivity index (χ0v) is 6.29. The number of hydrogen-bond donors (Lipinski definition) is 1. The molecule has 0 saturated heterocycles. The second kappa shape index (κ2) is 2.09. The molecule has 0 fully saturated rings. The van der Waals surface area contributed by atoms with Crippen LogP contribution < -0.4 is 5.73 Å². The third-order valence-electron chi connectivity index (χ3n) is 0.279. The summed E-state index contributed by atoms with van der Waals surface area (Å²) in [6.07, 6.45) is 0. The van der Waals surface area contributed by atoms with E-state index in [9.17, 15) is 9.18 Å². The topological polar surface area (TPSA) is 43.1 Å². The molecule has 2 N–H and O–H groups in total. The van der Waals surface area contributed by atoms with Gasteiger partial charge in [0.2, 0.25) is 0 Å². The lowest BCUT2D eigenvalue weighted by atomic mass is 10.7. The average molecular weight is 235 g/mol. The molecule has 0 radical (unpaired) electrons. The molecule has 0 aliphatic heterocycles. The maximum absolute atomic E-state index is 11.9. The average Bonchev–Trinajstić information content (AvgIpc) is 1.31. The van der Waals surface area contributed by atoms with Gasteiger partial charge < -0.3 is 5.73 Å². The van der Waals surface area contributed by atoms with E-state index in [4.69, 9.17) is 0 Å². The fraction of sp³-hybridized carbons (Fsp3) is 0.500. The third kappa shape index (κ3) is 2.99. The van der Waals surface area contributed by atoms with Crippen LogP contribution in [0.15, 0.2) is 0 Å². The largest absolute Gasteiger partial charge is 0.365 e. The maximum Gasteiger partial charge on any atom is 0.295 e. The Hall–Kier alpha value is 0.360. The Morgan fingerprint density at radius 3 is 1.86 bits per heavy atom. The zero-order chi connectivity index (χ0) is 6.08. The predicted octanol–water partition coefficient (Wildman–Crippen LogP) is 0.885. The molecule has 0 aromatic carbocycles. The van der Waals surface area contributed by atoms with Crippen LogP contribution in [0.5, 0.6) is 0 Å². The van der Waals surface area contributed by atoms with E-state index in [1.165, 1.54) is 0 Å². The molecule has 42 valence electrons. The van der Waals surface area contributed by atoms with Crippen LogP contribution in [0.2, 0.25) is 0 Å². The molecule has 0 saturated carbocycles. The van der Waals surface area contributed by atoms with E-state index in [1.807, 2.05) is 0 Å². The first-order valence-electron chi connectivity index (χ1n) is 1.31. The highest BCUT2D eigenvalue weighted by Crippen LogP contribution is 2.26. The van der Waals surface area contributed by atoms with E-state index >= 15 is 0 Å². The minimum absolute atomic E-state index is 1.09. The van der Waals surface area contributed by atoms with Crippen molar-refractivity contribution in [1.82, 2.24) is 0 Å². The van der Waals surface area contributed by atoms with E-state index < -0.39 is 9.39 Å². The SMILES string of the molecule is NC(=O)C(F)(Br)Br. The van der Waals surface area contributed by atoms with Crippen LogP contribution in [-0.4, -0.2) is 9.39 Å². The number of carbonyl (C=O) groups is 1. The van der Waals surface area contributed by atoms with Crippen LogP contribution in [-0.2, 0) is 4.79 Å². The number of alkyl halides is 3. The van der Waals surface area contributed by atoms with Crippen molar-refractivity contribution in [3.8, 4) is 0 Å². The standard InChI is InChI=1S/C2H2Br2FNO/c3-2(4,5)1(6)7/h(H2,6,7). The highest BCUT2D eigenvalue weighted by molar-refractivity contribution is 9.25. The number of nitrogens with two attached hydrogens (primary N) is 1. The molecule has 0 rings (SSSR count). The minimum atomic E-state index is -2.24. The van der Waals surface area contributed by atoms with Gasteiger partial charge in [-0.3, -0.25) is 4.79 Å². The molecule has 0 bridgehead atoms. The lowest BCUT2D eigenvalue weighted by molar-refractivity contribution is -0.120. The second-order valence-electron chi connectivity index (χ2n) is 0.862. The summed E-state index contributed by atoms with van der Waals surface area (Å²) in [5.74, 6) is -1.09. The first-order chi connectivity index (χ1) is 2.94. The molecule has 2 nitrogen and oxygen atoms in total. The molecule has 1 amide bonds. The Labute approximate surface area is 56.5 Å². The van der Waals surface area contributed by atoms with Gasteiger partial charge in [0, 0.05) is 0 Å². The second-order valence-corrected chi connectivity index (χ2v) is 4.11. The summed E-state index contributed by atoms with van der Waals surface area (Å²) in [5, 5.41) is 0.